The fraction of sp³-hybridized carbons (Fsp3) is 0.0484. The fourth-order valence-corrected chi connectivity index (χ4v) is 10.9. The van der Waals surface area contributed by atoms with Crippen molar-refractivity contribution in [1.82, 2.24) is 9.55 Å². The van der Waals surface area contributed by atoms with Crippen molar-refractivity contribution >= 4 is 54.1 Å². The molecule has 0 fully saturated rings. The van der Waals surface area contributed by atoms with Crippen LogP contribution in [0.3, 0.4) is 0 Å². The average molecular weight is 815 g/mol. The Morgan fingerprint density at radius 3 is 1.55 bits per heavy atom. The Balaban J connectivity index is 1.01. The number of imidazole rings is 1. The molecule has 13 rings (SSSR count). The van der Waals surface area contributed by atoms with Crippen molar-refractivity contribution in [3.8, 4) is 61.6 Å². The summed E-state index contributed by atoms with van der Waals surface area (Å²) in [6.45, 7) is 4.82. The van der Waals surface area contributed by atoms with Crippen LogP contribution in [-0.4, -0.2) is 9.55 Å². The van der Waals surface area contributed by atoms with Crippen LogP contribution >= 0.6 is 0 Å². The highest BCUT2D eigenvalue weighted by Crippen LogP contribution is 2.54. The summed E-state index contributed by atoms with van der Waals surface area (Å²) in [7, 11) is 0. The van der Waals surface area contributed by atoms with Crippen LogP contribution in [0, 0.1) is 0 Å². The smallest absolute Gasteiger partial charge is 0.145 e. The third-order valence-corrected chi connectivity index (χ3v) is 14.0. The summed E-state index contributed by atoms with van der Waals surface area (Å²) >= 11 is 0. The summed E-state index contributed by atoms with van der Waals surface area (Å²) in [4.78, 5) is 5.14. The second kappa shape index (κ2) is 14.0. The largest absolute Gasteiger partial charge is 0.292 e. The summed E-state index contributed by atoms with van der Waals surface area (Å²) in [5, 5.41) is 10.1. The Kier molecular flexibility index (Phi) is 7.98. The van der Waals surface area contributed by atoms with Crippen LogP contribution in [0.5, 0.6) is 0 Å². The van der Waals surface area contributed by atoms with E-state index in [1.807, 2.05) is 0 Å². The molecule has 0 N–H and O–H groups in total. The molecule has 11 aromatic carbocycles. The molecule has 0 amide bonds. The van der Waals surface area contributed by atoms with E-state index in [0.717, 1.165) is 28.1 Å². The van der Waals surface area contributed by atoms with Crippen molar-refractivity contribution in [2.75, 3.05) is 0 Å². The second-order valence-electron chi connectivity index (χ2n) is 17.9. The van der Waals surface area contributed by atoms with E-state index >= 15 is 0 Å². The molecule has 300 valence electrons. The number of nitrogens with zero attached hydrogens (tertiary/aromatic N) is 2. The number of rotatable bonds is 5. The molecule has 1 heterocycles. The van der Waals surface area contributed by atoms with Gasteiger partial charge in [0.1, 0.15) is 5.82 Å². The van der Waals surface area contributed by atoms with E-state index in [4.69, 9.17) is 4.98 Å². The zero-order valence-corrected chi connectivity index (χ0v) is 35.7. The van der Waals surface area contributed by atoms with E-state index < -0.39 is 0 Å². The molecule has 64 heavy (non-hydrogen) atoms. The fourth-order valence-electron chi connectivity index (χ4n) is 10.9. The third-order valence-electron chi connectivity index (χ3n) is 14.0. The zero-order valence-electron chi connectivity index (χ0n) is 35.7. The van der Waals surface area contributed by atoms with Gasteiger partial charge in [-0.15, -0.1) is 0 Å². The molecule has 2 nitrogen and oxygen atoms in total. The van der Waals surface area contributed by atoms with Gasteiger partial charge in [0.25, 0.3) is 0 Å². The number of hydrogen-bond acceptors (Lipinski definition) is 1. The van der Waals surface area contributed by atoms with E-state index in [-0.39, 0.29) is 5.41 Å². The van der Waals surface area contributed by atoms with Crippen LogP contribution in [0.4, 0.5) is 0 Å². The summed E-state index contributed by atoms with van der Waals surface area (Å²) < 4.78 is 2.27. The van der Waals surface area contributed by atoms with E-state index in [2.05, 4.69) is 237 Å². The van der Waals surface area contributed by atoms with Gasteiger partial charge in [0, 0.05) is 16.7 Å². The molecule has 2 heteroatoms. The molecule has 1 aliphatic rings. The van der Waals surface area contributed by atoms with Crippen molar-refractivity contribution in [3.63, 3.8) is 0 Å². The average Bonchev–Trinajstić information content (AvgIpc) is 3.84. The normalized spacial score (nSPS) is 13.0. The molecule has 0 unspecified atom stereocenters. The number of fused-ring (bicyclic) bond motifs is 8. The van der Waals surface area contributed by atoms with Crippen molar-refractivity contribution in [1.29, 1.82) is 0 Å². The summed E-state index contributed by atoms with van der Waals surface area (Å²) in [5.41, 5.74) is 16.9. The van der Waals surface area contributed by atoms with Crippen molar-refractivity contribution in [3.05, 3.63) is 230 Å². The van der Waals surface area contributed by atoms with Gasteiger partial charge < -0.3 is 0 Å². The van der Waals surface area contributed by atoms with Gasteiger partial charge in [0.15, 0.2) is 0 Å². The molecule has 1 aliphatic carbocycles. The molecule has 0 saturated heterocycles. The Hall–Kier alpha value is -8.07. The Bertz CT molecular complexity index is 3840. The summed E-state index contributed by atoms with van der Waals surface area (Å²) in [6.07, 6.45) is 0. The van der Waals surface area contributed by atoms with E-state index in [1.54, 1.807) is 0 Å². The lowest BCUT2D eigenvalue weighted by atomic mass is 9.78. The molecule has 0 aliphatic heterocycles. The van der Waals surface area contributed by atoms with Crippen LogP contribution < -0.4 is 0 Å². The van der Waals surface area contributed by atoms with Gasteiger partial charge in [-0.3, -0.25) is 4.57 Å². The molecular formula is C62H42N2. The molecule has 1 aromatic heterocycles. The first kappa shape index (κ1) is 36.6. The molecule has 0 spiro atoms. The second-order valence-corrected chi connectivity index (χ2v) is 17.9. The lowest BCUT2D eigenvalue weighted by Crippen LogP contribution is -2.15. The van der Waals surface area contributed by atoms with Gasteiger partial charge in [-0.05, 0) is 141 Å². The van der Waals surface area contributed by atoms with Crippen LogP contribution in [0.2, 0.25) is 0 Å². The first-order valence-corrected chi connectivity index (χ1v) is 22.3. The van der Waals surface area contributed by atoms with Gasteiger partial charge >= 0.3 is 0 Å². The quantitative estimate of drug-likeness (QED) is 0.158. The third kappa shape index (κ3) is 5.42. The van der Waals surface area contributed by atoms with Crippen molar-refractivity contribution < 1.29 is 0 Å². The molecule has 0 bridgehead atoms. The van der Waals surface area contributed by atoms with Gasteiger partial charge in [-0.2, -0.15) is 0 Å². The highest BCUT2D eigenvalue weighted by molar-refractivity contribution is 6.26. The Labute approximate surface area is 372 Å². The van der Waals surface area contributed by atoms with Crippen LogP contribution in [0.25, 0.3) is 116 Å². The van der Waals surface area contributed by atoms with Crippen molar-refractivity contribution in [2.45, 2.75) is 19.3 Å². The molecule has 0 atom stereocenters. The van der Waals surface area contributed by atoms with Crippen LogP contribution in [0.1, 0.15) is 25.0 Å². The maximum Gasteiger partial charge on any atom is 0.145 e. The SMILES string of the molecule is CC1(C)c2cc(-c3ccc(-c4nc5ccccc5n4-c4ccccc4)cc3)ccc2-c2cc3c(-c4cccc5ccccc45)c4ccccc4c(-c4cccc5ccccc45)c3cc21. The monoisotopic (exact) mass is 814 g/mol. The van der Waals surface area contributed by atoms with Gasteiger partial charge in [-0.1, -0.05) is 190 Å². The standard InChI is InChI=1S/C62H42N2/c1-62(2)55-36-43(39-30-32-42(33-31-39)61-63-57-28-12-13-29-58(57)64(61)44-20-4-3-5-21-44)34-35-47(55)52-37-53-54(38-56(52)62)60(49-27-15-19-41-17-7-9-23-46(41)49)51-25-11-10-24-50(51)59(53)48-26-14-18-40-16-6-8-22-45(40)48/h3-38H,1-2H3. The number of hydrogen-bond donors (Lipinski definition) is 0. The van der Waals surface area contributed by atoms with Crippen LogP contribution in [0.15, 0.2) is 218 Å². The van der Waals surface area contributed by atoms with E-state index in [0.29, 0.717) is 0 Å². The maximum absolute atomic E-state index is 5.14. The van der Waals surface area contributed by atoms with Gasteiger partial charge in [-0.25, -0.2) is 4.98 Å². The first-order valence-electron chi connectivity index (χ1n) is 22.3. The summed E-state index contributed by atoms with van der Waals surface area (Å²) in [5.74, 6) is 0.940. The summed E-state index contributed by atoms with van der Waals surface area (Å²) in [6, 6.07) is 80.4. The van der Waals surface area contributed by atoms with Crippen molar-refractivity contribution in [2.24, 2.45) is 0 Å². The first-order chi connectivity index (χ1) is 31.5. The van der Waals surface area contributed by atoms with E-state index in [1.165, 1.54) is 98.7 Å². The minimum Gasteiger partial charge on any atom is -0.292 e. The lowest BCUT2D eigenvalue weighted by molar-refractivity contribution is 0.661. The number of benzene rings is 11. The predicted molar refractivity (Wildman–Crippen MR) is 270 cm³/mol. The van der Waals surface area contributed by atoms with Gasteiger partial charge in [0.05, 0.1) is 11.0 Å². The highest BCUT2D eigenvalue weighted by Gasteiger charge is 2.37. The predicted octanol–water partition coefficient (Wildman–Crippen LogP) is 16.6. The topological polar surface area (TPSA) is 17.8 Å². The molecule has 0 radical (unpaired) electrons. The lowest BCUT2D eigenvalue weighted by Gasteiger charge is -2.24. The van der Waals surface area contributed by atoms with Crippen LogP contribution in [-0.2, 0) is 5.41 Å². The molecular weight excluding hydrogens is 773 g/mol. The molecule has 0 saturated carbocycles. The minimum atomic E-state index is -0.239. The Morgan fingerprint density at radius 1 is 0.359 bits per heavy atom. The Morgan fingerprint density at radius 2 is 0.875 bits per heavy atom. The highest BCUT2D eigenvalue weighted by atomic mass is 15.1. The number of aromatic nitrogens is 2. The zero-order chi connectivity index (χ0) is 42.5. The number of para-hydroxylation sites is 3. The van der Waals surface area contributed by atoms with Gasteiger partial charge in [0.2, 0.25) is 0 Å². The minimum absolute atomic E-state index is 0.239. The van der Waals surface area contributed by atoms with E-state index in [9.17, 15) is 0 Å². The molecule has 12 aromatic rings. The maximum atomic E-state index is 5.14.